The summed E-state index contributed by atoms with van der Waals surface area (Å²) in [5.74, 6) is 1.50. The molecule has 3 aliphatic rings. The normalized spacial score (nSPS) is 18.7. The lowest BCUT2D eigenvalue weighted by Crippen LogP contribution is -2.34. The number of hydrogen-bond acceptors (Lipinski definition) is 8. The molecule has 31 heavy (non-hydrogen) atoms. The quantitative estimate of drug-likeness (QED) is 0.657. The molecule has 0 bridgehead atoms. The fourth-order valence-electron chi connectivity index (χ4n) is 4.09. The van der Waals surface area contributed by atoms with Gasteiger partial charge in [0.15, 0.2) is 11.5 Å². The number of carbonyl (C=O) groups is 2. The molecule has 0 aliphatic carbocycles. The lowest BCUT2D eigenvalue weighted by molar-refractivity contribution is 0.0676. The largest absolute Gasteiger partial charge is 0.493 e. The van der Waals surface area contributed by atoms with Crippen molar-refractivity contribution in [2.45, 2.75) is 18.9 Å². The predicted octanol–water partition coefficient (Wildman–Crippen LogP) is 2.42. The van der Waals surface area contributed by atoms with Crippen LogP contribution < -0.4 is 18.9 Å². The second kappa shape index (κ2) is 7.50. The topological polar surface area (TPSA) is 95.9 Å². The standard InChI is InChI=1S/C22H20N2O7/c1-27-17-8-12(18(28-2)20-19(17)29-11-30-20)7-14-9-13(23-31-14)10-24-21(25)15-5-3-4-6-16(15)22(24)26/h3-6,8,14H,7,9-11H2,1-2H3/t14-/m1/s1. The third-order valence-corrected chi connectivity index (χ3v) is 5.52. The lowest BCUT2D eigenvalue weighted by atomic mass is 10.0. The Morgan fingerprint density at radius 3 is 2.45 bits per heavy atom. The summed E-state index contributed by atoms with van der Waals surface area (Å²) in [4.78, 5) is 32.0. The molecule has 0 aromatic heterocycles. The minimum absolute atomic E-state index is 0.0962. The van der Waals surface area contributed by atoms with E-state index in [1.54, 1.807) is 38.5 Å². The molecule has 0 radical (unpaired) electrons. The Morgan fingerprint density at radius 2 is 1.77 bits per heavy atom. The van der Waals surface area contributed by atoms with Crippen molar-refractivity contribution in [3.63, 3.8) is 0 Å². The fraction of sp³-hybridized carbons (Fsp3) is 0.318. The molecule has 0 fully saturated rings. The number of fused-ring (bicyclic) bond motifs is 2. The highest BCUT2D eigenvalue weighted by atomic mass is 16.7. The van der Waals surface area contributed by atoms with Gasteiger partial charge in [0.05, 0.1) is 37.6 Å². The van der Waals surface area contributed by atoms with Crippen molar-refractivity contribution in [1.29, 1.82) is 0 Å². The number of ether oxygens (including phenoxy) is 4. The van der Waals surface area contributed by atoms with E-state index in [-0.39, 0.29) is 31.3 Å². The van der Waals surface area contributed by atoms with Crippen molar-refractivity contribution >= 4 is 17.5 Å². The summed E-state index contributed by atoms with van der Waals surface area (Å²) in [6, 6.07) is 8.63. The molecular formula is C22H20N2O7. The summed E-state index contributed by atoms with van der Waals surface area (Å²) in [7, 11) is 3.12. The summed E-state index contributed by atoms with van der Waals surface area (Å²) >= 11 is 0. The number of benzene rings is 2. The summed E-state index contributed by atoms with van der Waals surface area (Å²) in [6.45, 7) is 0.198. The zero-order chi connectivity index (χ0) is 21.5. The van der Waals surface area contributed by atoms with Gasteiger partial charge in [0.25, 0.3) is 11.8 Å². The number of nitrogens with zero attached hydrogens (tertiary/aromatic N) is 2. The molecule has 0 spiro atoms. The van der Waals surface area contributed by atoms with Crippen molar-refractivity contribution in [3.05, 3.63) is 47.0 Å². The molecule has 9 nitrogen and oxygen atoms in total. The van der Waals surface area contributed by atoms with Crippen molar-refractivity contribution in [2.24, 2.45) is 5.16 Å². The van der Waals surface area contributed by atoms with Gasteiger partial charge in [-0.15, -0.1) is 0 Å². The van der Waals surface area contributed by atoms with Gasteiger partial charge in [-0.25, -0.2) is 0 Å². The van der Waals surface area contributed by atoms with E-state index < -0.39 is 0 Å². The highest BCUT2D eigenvalue weighted by Crippen LogP contribution is 2.50. The van der Waals surface area contributed by atoms with Gasteiger partial charge in [-0.3, -0.25) is 14.5 Å². The maximum atomic E-state index is 12.6. The molecule has 0 unspecified atom stereocenters. The Hall–Kier alpha value is -3.75. The first kappa shape index (κ1) is 19.2. The Labute approximate surface area is 178 Å². The number of imide groups is 1. The molecule has 160 valence electrons. The van der Waals surface area contributed by atoms with Gasteiger partial charge in [-0.1, -0.05) is 17.3 Å². The van der Waals surface area contributed by atoms with E-state index in [9.17, 15) is 9.59 Å². The highest BCUT2D eigenvalue weighted by molar-refractivity contribution is 6.22. The van der Waals surface area contributed by atoms with Crippen LogP contribution in [0.15, 0.2) is 35.5 Å². The summed E-state index contributed by atoms with van der Waals surface area (Å²) < 4.78 is 22.0. The molecule has 3 heterocycles. The minimum Gasteiger partial charge on any atom is -0.493 e. The van der Waals surface area contributed by atoms with E-state index in [4.69, 9.17) is 23.8 Å². The number of hydrogen-bond donors (Lipinski definition) is 0. The molecule has 9 heteroatoms. The monoisotopic (exact) mass is 424 g/mol. The average molecular weight is 424 g/mol. The summed E-state index contributed by atoms with van der Waals surface area (Å²) in [6.07, 6.45) is 0.683. The number of rotatable bonds is 6. The van der Waals surface area contributed by atoms with Crippen LogP contribution in [0.2, 0.25) is 0 Å². The van der Waals surface area contributed by atoms with Crippen LogP contribution in [-0.4, -0.2) is 56.1 Å². The average Bonchev–Trinajstić information content (AvgIpc) is 3.50. The van der Waals surface area contributed by atoms with Crippen molar-refractivity contribution < 1.29 is 33.4 Å². The Balaban J connectivity index is 1.29. The minimum atomic E-state index is -0.311. The molecule has 5 rings (SSSR count). The van der Waals surface area contributed by atoms with Gasteiger partial charge in [0, 0.05) is 18.4 Å². The fourth-order valence-corrected chi connectivity index (χ4v) is 4.09. The molecular weight excluding hydrogens is 404 g/mol. The zero-order valence-electron chi connectivity index (χ0n) is 17.0. The van der Waals surface area contributed by atoms with Crippen LogP contribution in [0.1, 0.15) is 32.7 Å². The van der Waals surface area contributed by atoms with Crippen LogP contribution in [0, 0.1) is 0 Å². The molecule has 0 saturated heterocycles. The number of methoxy groups -OCH3 is 2. The van der Waals surface area contributed by atoms with Crippen LogP contribution in [0.25, 0.3) is 0 Å². The predicted molar refractivity (Wildman–Crippen MR) is 108 cm³/mol. The first-order valence-electron chi connectivity index (χ1n) is 9.81. The van der Waals surface area contributed by atoms with Crippen LogP contribution in [-0.2, 0) is 11.3 Å². The van der Waals surface area contributed by atoms with E-state index in [1.807, 2.05) is 6.07 Å². The molecule has 0 N–H and O–H groups in total. The second-order valence-electron chi connectivity index (χ2n) is 7.37. The van der Waals surface area contributed by atoms with Crippen LogP contribution in [0.3, 0.4) is 0 Å². The Kier molecular flexibility index (Phi) is 4.65. The Morgan fingerprint density at radius 1 is 1.06 bits per heavy atom. The zero-order valence-corrected chi connectivity index (χ0v) is 17.0. The van der Waals surface area contributed by atoms with Crippen LogP contribution in [0.4, 0.5) is 0 Å². The van der Waals surface area contributed by atoms with E-state index >= 15 is 0 Å². The van der Waals surface area contributed by atoms with Crippen molar-refractivity contribution in [1.82, 2.24) is 4.90 Å². The van der Waals surface area contributed by atoms with Gasteiger partial charge in [-0.2, -0.15) is 0 Å². The molecule has 0 saturated carbocycles. The van der Waals surface area contributed by atoms with E-state index in [1.165, 1.54) is 4.90 Å². The van der Waals surface area contributed by atoms with Crippen LogP contribution in [0.5, 0.6) is 23.0 Å². The summed E-state index contributed by atoms with van der Waals surface area (Å²) in [5.41, 5.74) is 2.29. The van der Waals surface area contributed by atoms with E-state index in [0.29, 0.717) is 52.7 Å². The smallest absolute Gasteiger partial charge is 0.261 e. The maximum Gasteiger partial charge on any atom is 0.261 e. The van der Waals surface area contributed by atoms with Gasteiger partial charge < -0.3 is 23.8 Å². The van der Waals surface area contributed by atoms with E-state index in [2.05, 4.69) is 5.16 Å². The first-order valence-corrected chi connectivity index (χ1v) is 9.81. The first-order chi connectivity index (χ1) is 15.1. The van der Waals surface area contributed by atoms with Gasteiger partial charge in [-0.05, 0) is 18.2 Å². The molecule has 3 aliphatic heterocycles. The van der Waals surface area contributed by atoms with Gasteiger partial charge in [0.2, 0.25) is 18.3 Å². The van der Waals surface area contributed by atoms with Crippen molar-refractivity contribution in [2.75, 3.05) is 27.6 Å². The van der Waals surface area contributed by atoms with E-state index in [0.717, 1.165) is 5.56 Å². The van der Waals surface area contributed by atoms with Gasteiger partial charge in [0.1, 0.15) is 6.10 Å². The van der Waals surface area contributed by atoms with Crippen LogP contribution >= 0.6 is 0 Å². The maximum absolute atomic E-state index is 12.6. The second-order valence-corrected chi connectivity index (χ2v) is 7.37. The SMILES string of the molecule is COc1cc(C[C@@H]2CC(CN3C(=O)c4ccccc4C3=O)=NO2)c(OC)c2c1OCO2. The number of amides is 2. The number of oxime groups is 1. The third-order valence-electron chi connectivity index (χ3n) is 5.52. The number of carbonyl (C=O) groups excluding carboxylic acids is 2. The summed E-state index contributed by atoms with van der Waals surface area (Å²) in [5, 5.41) is 4.12. The lowest BCUT2D eigenvalue weighted by Gasteiger charge is -2.16. The highest BCUT2D eigenvalue weighted by Gasteiger charge is 2.37. The molecule has 2 aromatic rings. The molecule has 2 amide bonds. The van der Waals surface area contributed by atoms with Gasteiger partial charge >= 0.3 is 0 Å². The van der Waals surface area contributed by atoms with Crippen molar-refractivity contribution in [3.8, 4) is 23.0 Å². The molecule has 1 atom stereocenters. The molecule has 2 aromatic carbocycles. The third kappa shape index (κ3) is 3.13. The Bertz CT molecular complexity index is 1080.